The molecule has 1 amide bonds. The summed E-state index contributed by atoms with van der Waals surface area (Å²) in [5, 5.41) is 2.92. The van der Waals surface area contributed by atoms with Crippen LogP contribution >= 0.6 is 0 Å². The summed E-state index contributed by atoms with van der Waals surface area (Å²) in [4.78, 5) is 15.5. The van der Waals surface area contributed by atoms with Crippen molar-refractivity contribution in [2.45, 2.75) is 25.4 Å². The van der Waals surface area contributed by atoms with Crippen molar-refractivity contribution in [1.82, 2.24) is 14.9 Å². The molecular formula is C15H16FN3O2. The Bertz CT molecular complexity index is 669. The number of nitrogens with zero attached hydrogens (tertiary/aromatic N) is 2. The fraction of sp³-hybridized carbons (Fsp3) is 0.333. The maximum absolute atomic E-state index is 13.8. The minimum Gasteiger partial charge on any atom is -0.494 e. The number of aromatic nitrogens is 2. The standard InChI is InChI=1S/C15H16FN3O2/c1-21-13-4-2-10(8-12(13)16)15-17-6-7-19(15)9-11-3-5-14(20)18-11/h2,4,6-8,11H,3,5,9H2,1H3,(H,18,20). The van der Waals surface area contributed by atoms with Crippen LogP contribution in [0.2, 0.25) is 0 Å². The molecule has 2 aromatic rings. The number of halogens is 1. The van der Waals surface area contributed by atoms with Gasteiger partial charge in [0.05, 0.1) is 7.11 Å². The van der Waals surface area contributed by atoms with Gasteiger partial charge in [0.15, 0.2) is 11.6 Å². The van der Waals surface area contributed by atoms with Crippen LogP contribution in [0.15, 0.2) is 30.6 Å². The number of nitrogens with one attached hydrogen (secondary N) is 1. The van der Waals surface area contributed by atoms with Gasteiger partial charge in [0.25, 0.3) is 0 Å². The lowest BCUT2D eigenvalue weighted by Crippen LogP contribution is -2.29. The third-order valence-electron chi connectivity index (χ3n) is 3.63. The van der Waals surface area contributed by atoms with Gasteiger partial charge in [0.2, 0.25) is 5.91 Å². The number of carbonyl (C=O) groups is 1. The van der Waals surface area contributed by atoms with Gasteiger partial charge in [-0.05, 0) is 24.6 Å². The molecular weight excluding hydrogens is 273 g/mol. The molecule has 1 N–H and O–H groups in total. The van der Waals surface area contributed by atoms with Gasteiger partial charge >= 0.3 is 0 Å². The van der Waals surface area contributed by atoms with Gasteiger partial charge in [-0.2, -0.15) is 0 Å². The quantitative estimate of drug-likeness (QED) is 0.936. The molecule has 2 heterocycles. The normalized spacial score (nSPS) is 17.8. The zero-order chi connectivity index (χ0) is 14.8. The average molecular weight is 289 g/mol. The molecule has 1 unspecified atom stereocenters. The minimum absolute atomic E-state index is 0.0807. The van der Waals surface area contributed by atoms with Crippen molar-refractivity contribution >= 4 is 5.91 Å². The van der Waals surface area contributed by atoms with Crippen LogP contribution in [0, 0.1) is 5.82 Å². The lowest BCUT2D eigenvalue weighted by molar-refractivity contribution is -0.119. The minimum atomic E-state index is -0.418. The highest BCUT2D eigenvalue weighted by molar-refractivity contribution is 5.78. The molecule has 0 aliphatic carbocycles. The summed E-state index contributed by atoms with van der Waals surface area (Å²) >= 11 is 0. The molecule has 1 fully saturated rings. The molecule has 0 bridgehead atoms. The first-order valence-corrected chi connectivity index (χ1v) is 6.82. The predicted molar refractivity (Wildman–Crippen MR) is 75.3 cm³/mol. The van der Waals surface area contributed by atoms with Gasteiger partial charge in [-0.25, -0.2) is 9.37 Å². The molecule has 1 aromatic carbocycles. The van der Waals surface area contributed by atoms with Gasteiger partial charge in [-0.3, -0.25) is 4.79 Å². The maximum atomic E-state index is 13.8. The molecule has 0 spiro atoms. The Morgan fingerprint density at radius 1 is 1.52 bits per heavy atom. The molecule has 0 radical (unpaired) electrons. The fourth-order valence-corrected chi connectivity index (χ4v) is 2.57. The smallest absolute Gasteiger partial charge is 0.220 e. The first-order chi connectivity index (χ1) is 10.2. The van der Waals surface area contributed by atoms with Gasteiger partial charge in [-0.1, -0.05) is 0 Å². The third kappa shape index (κ3) is 2.74. The Kier molecular flexibility index (Phi) is 3.60. The number of ether oxygens (including phenoxy) is 1. The zero-order valence-corrected chi connectivity index (χ0v) is 11.7. The molecule has 1 aliphatic heterocycles. The number of imidazole rings is 1. The Morgan fingerprint density at radius 3 is 3.05 bits per heavy atom. The van der Waals surface area contributed by atoms with Gasteiger partial charge in [0.1, 0.15) is 5.82 Å². The summed E-state index contributed by atoms with van der Waals surface area (Å²) in [5.74, 6) is 0.550. The number of carbonyl (C=O) groups excluding carboxylic acids is 1. The van der Waals surface area contributed by atoms with E-state index < -0.39 is 5.82 Å². The van der Waals surface area contributed by atoms with Crippen LogP contribution in [-0.2, 0) is 11.3 Å². The first-order valence-electron chi connectivity index (χ1n) is 6.82. The topological polar surface area (TPSA) is 56.2 Å². The van der Waals surface area contributed by atoms with E-state index in [1.165, 1.54) is 13.2 Å². The van der Waals surface area contributed by atoms with Crippen molar-refractivity contribution in [3.8, 4) is 17.1 Å². The fourth-order valence-electron chi connectivity index (χ4n) is 2.57. The van der Waals surface area contributed by atoms with E-state index in [9.17, 15) is 9.18 Å². The van der Waals surface area contributed by atoms with Crippen molar-refractivity contribution in [3.05, 3.63) is 36.4 Å². The maximum Gasteiger partial charge on any atom is 0.220 e. The molecule has 21 heavy (non-hydrogen) atoms. The van der Waals surface area contributed by atoms with E-state index in [1.807, 2.05) is 10.8 Å². The van der Waals surface area contributed by atoms with Crippen LogP contribution in [0.25, 0.3) is 11.4 Å². The van der Waals surface area contributed by atoms with E-state index in [1.54, 1.807) is 18.3 Å². The van der Waals surface area contributed by atoms with Crippen LogP contribution in [0.4, 0.5) is 4.39 Å². The largest absolute Gasteiger partial charge is 0.494 e. The van der Waals surface area contributed by atoms with Crippen molar-refractivity contribution < 1.29 is 13.9 Å². The molecule has 5 nitrogen and oxygen atoms in total. The Balaban J connectivity index is 1.84. The molecule has 6 heteroatoms. The Labute approximate surface area is 121 Å². The van der Waals surface area contributed by atoms with Gasteiger partial charge < -0.3 is 14.6 Å². The van der Waals surface area contributed by atoms with Gasteiger partial charge in [0, 0.05) is 37.0 Å². The first kappa shape index (κ1) is 13.6. The summed E-state index contributed by atoms with van der Waals surface area (Å²) in [5.41, 5.74) is 0.683. The van der Waals surface area contributed by atoms with Crippen molar-refractivity contribution in [1.29, 1.82) is 0 Å². The highest BCUT2D eigenvalue weighted by atomic mass is 19.1. The van der Waals surface area contributed by atoms with Crippen molar-refractivity contribution in [3.63, 3.8) is 0 Å². The highest BCUT2D eigenvalue weighted by Gasteiger charge is 2.22. The van der Waals surface area contributed by atoms with E-state index >= 15 is 0 Å². The third-order valence-corrected chi connectivity index (χ3v) is 3.63. The summed E-state index contributed by atoms with van der Waals surface area (Å²) in [6.45, 7) is 0.634. The number of amides is 1. The van der Waals surface area contributed by atoms with E-state index in [-0.39, 0.29) is 17.7 Å². The summed E-state index contributed by atoms with van der Waals surface area (Å²) < 4.78 is 20.7. The summed E-state index contributed by atoms with van der Waals surface area (Å²) in [6, 6.07) is 4.87. The van der Waals surface area contributed by atoms with Gasteiger partial charge in [-0.15, -0.1) is 0 Å². The van der Waals surface area contributed by atoms with Crippen molar-refractivity contribution in [2.24, 2.45) is 0 Å². The second-order valence-electron chi connectivity index (χ2n) is 5.06. The number of hydrogen-bond acceptors (Lipinski definition) is 3. The summed E-state index contributed by atoms with van der Waals surface area (Å²) in [7, 11) is 1.43. The molecule has 0 saturated carbocycles. The van der Waals surface area contributed by atoms with Crippen LogP contribution in [0.3, 0.4) is 0 Å². The number of methoxy groups -OCH3 is 1. The van der Waals surface area contributed by atoms with Crippen LogP contribution in [0.1, 0.15) is 12.8 Å². The molecule has 1 aromatic heterocycles. The highest BCUT2D eigenvalue weighted by Crippen LogP contribution is 2.25. The molecule has 1 atom stereocenters. The van der Waals surface area contributed by atoms with Crippen LogP contribution in [-0.4, -0.2) is 28.6 Å². The Hall–Kier alpha value is -2.37. The molecule has 1 saturated heterocycles. The van der Waals surface area contributed by atoms with E-state index in [4.69, 9.17) is 4.74 Å². The van der Waals surface area contributed by atoms with E-state index in [0.29, 0.717) is 24.4 Å². The van der Waals surface area contributed by atoms with E-state index in [2.05, 4.69) is 10.3 Å². The lowest BCUT2D eigenvalue weighted by Gasteiger charge is -2.14. The predicted octanol–water partition coefficient (Wildman–Crippen LogP) is 1.98. The molecule has 110 valence electrons. The molecule has 1 aliphatic rings. The lowest BCUT2D eigenvalue weighted by atomic mass is 10.2. The average Bonchev–Trinajstić information content (AvgIpc) is 3.08. The van der Waals surface area contributed by atoms with Crippen LogP contribution < -0.4 is 10.1 Å². The second-order valence-corrected chi connectivity index (χ2v) is 5.06. The molecule has 3 rings (SSSR count). The summed E-state index contributed by atoms with van der Waals surface area (Å²) in [6.07, 6.45) is 4.88. The van der Waals surface area contributed by atoms with E-state index in [0.717, 1.165) is 6.42 Å². The Morgan fingerprint density at radius 2 is 2.38 bits per heavy atom. The number of hydrogen-bond donors (Lipinski definition) is 1. The zero-order valence-electron chi connectivity index (χ0n) is 11.7. The SMILES string of the molecule is COc1ccc(-c2nccn2CC2CCC(=O)N2)cc1F. The number of benzene rings is 1. The second kappa shape index (κ2) is 5.55. The van der Waals surface area contributed by atoms with Crippen LogP contribution in [0.5, 0.6) is 5.75 Å². The number of rotatable bonds is 4. The van der Waals surface area contributed by atoms with Crippen molar-refractivity contribution in [2.75, 3.05) is 7.11 Å². The monoisotopic (exact) mass is 289 g/mol.